The minimum absolute atomic E-state index is 0. The monoisotopic (exact) mass is 373 g/mol. The maximum atomic E-state index is 12.3. The van der Waals surface area contributed by atoms with Crippen molar-refractivity contribution in [2.75, 3.05) is 13.1 Å². The minimum atomic E-state index is -0.441. The van der Waals surface area contributed by atoms with Crippen LogP contribution in [0.25, 0.3) is 0 Å². The van der Waals surface area contributed by atoms with Gasteiger partial charge in [-0.2, -0.15) is 0 Å². The second kappa shape index (κ2) is 9.25. The lowest BCUT2D eigenvalue weighted by Crippen LogP contribution is -2.53. The molecule has 2 amide bonds. The molecule has 0 spiro atoms. The van der Waals surface area contributed by atoms with Crippen LogP contribution < -0.4 is 16.4 Å². The third-order valence-electron chi connectivity index (χ3n) is 4.40. The molecular formula is C17H25Cl2N3O2. The van der Waals surface area contributed by atoms with Crippen molar-refractivity contribution in [2.24, 2.45) is 11.7 Å². The number of rotatable bonds is 5. The molecule has 0 saturated heterocycles. The van der Waals surface area contributed by atoms with Gasteiger partial charge in [-0.15, -0.1) is 12.4 Å². The largest absolute Gasteiger partial charge is 0.354 e. The minimum Gasteiger partial charge on any atom is -0.354 e. The Bertz CT molecular complexity index is 579. The molecule has 2 unspecified atom stereocenters. The summed E-state index contributed by atoms with van der Waals surface area (Å²) in [5.74, 6) is -0.427. The predicted octanol–water partition coefficient (Wildman–Crippen LogP) is 2.52. The van der Waals surface area contributed by atoms with Gasteiger partial charge < -0.3 is 16.4 Å². The van der Waals surface area contributed by atoms with Crippen LogP contribution in [0, 0.1) is 5.92 Å². The lowest BCUT2D eigenvalue weighted by molar-refractivity contribution is -0.128. The summed E-state index contributed by atoms with van der Waals surface area (Å²) in [6.45, 7) is 2.67. The van der Waals surface area contributed by atoms with Gasteiger partial charge in [0.2, 0.25) is 5.91 Å². The van der Waals surface area contributed by atoms with E-state index in [0.29, 0.717) is 23.7 Å². The molecule has 0 aromatic heterocycles. The van der Waals surface area contributed by atoms with E-state index in [4.69, 9.17) is 17.3 Å². The van der Waals surface area contributed by atoms with Crippen LogP contribution in [0.15, 0.2) is 24.3 Å². The molecule has 2 rings (SSSR count). The molecule has 1 aliphatic carbocycles. The first-order valence-electron chi connectivity index (χ1n) is 8.01. The van der Waals surface area contributed by atoms with E-state index in [9.17, 15) is 9.59 Å². The lowest BCUT2D eigenvalue weighted by atomic mass is 9.74. The highest BCUT2D eigenvalue weighted by atomic mass is 35.5. The number of halogens is 2. The van der Waals surface area contributed by atoms with Crippen molar-refractivity contribution >= 4 is 35.8 Å². The Kier molecular flexibility index (Phi) is 8.00. The topological polar surface area (TPSA) is 84.2 Å². The molecule has 5 nitrogen and oxygen atoms in total. The summed E-state index contributed by atoms with van der Waals surface area (Å²) < 4.78 is 0. The highest BCUT2D eigenvalue weighted by Gasteiger charge is 2.37. The summed E-state index contributed by atoms with van der Waals surface area (Å²) in [7, 11) is 0. The van der Waals surface area contributed by atoms with E-state index in [1.54, 1.807) is 24.3 Å². The summed E-state index contributed by atoms with van der Waals surface area (Å²) in [5.41, 5.74) is 6.21. The molecule has 1 fully saturated rings. The van der Waals surface area contributed by atoms with Crippen molar-refractivity contribution < 1.29 is 9.59 Å². The van der Waals surface area contributed by atoms with Gasteiger partial charge in [0.15, 0.2) is 0 Å². The fourth-order valence-electron chi connectivity index (χ4n) is 3.01. The molecule has 0 aliphatic heterocycles. The van der Waals surface area contributed by atoms with E-state index >= 15 is 0 Å². The SMILES string of the molecule is CC1(N)CCCCC1C(=O)NCCNC(=O)c1ccccc1Cl.Cl. The number of benzene rings is 1. The highest BCUT2D eigenvalue weighted by Crippen LogP contribution is 2.31. The molecule has 4 N–H and O–H groups in total. The molecular weight excluding hydrogens is 349 g/mol. The molecule has 1 aromatic rings. The van der Waals surface area contributed by atoms with Crippen LogP contribution in [0.5, 0.6) is 0 Å². The van der Waals surface area contributed by atoms with E-state index in [1.807, 2.05) is 6.92 Å². The average molecular weight is 374 g/mol. The Balaban J connectivity index is 0.00000288. The number of hydrogen-bond acceptors (Lipinski definition) is 3. The zero-order chi connectivity index (χ0) is 16.9. The zero-order valence-corrected chi connectivity index (χ0v) is 15.4. The lowest BCUT2D eigenvalue weighted by Gasteiger charge is -2.37. The summed E-state index contributed by atoms with van der Waals surface area (Å²) >= 11 is 5.97. The Morgan fingerprint density at radius 1 is 1.25 bits per heavy atom. The van der Waals surface area contributed by atoms with Gasteiger partial charge in [-0.05, 0) is 31.9 Å². The first kappa shape index (κ1) is 20.7. The van der Waals surface area contributed by atoms with E-state index in [2.05, 4.69) is 10.6 Å². The van der Waals surface area contributed by atoms with Crippen molar-refractivity contribution in [3.63, 3.8) is 0 Å². The van der Waals surface area contributed by atoms with E-state index in [-0.39, 0.29) is 30.1 Å². The number of hydrogen-bond donors (Lipinski definition) is 3. The van der Waals surface area contributed by atoms with Gasteiger partial charge in [-0.25, -0.2) is 0 Å². The summed E-state index contributed by atoms with van der Waals surface area (Å²) in [6.07, 6.45) is 3.80. The van der Waals surface area contributed by atoms with E-state index in [0.717, 1.165) is 25.7 Å². The van der Waals surface area contributed by atoms with Crippen molar-refractivity contribution in [3.05, 3.63) is 34.9 Å². The van der Waals surface area contributed by atoms with Gasteiger partial charge in [-0.3, -0.25) is 9.59 Å². The second-order valence-electron chi connectivity index (χ2n) is 6.33. The van der Waals surface area contributed by atoms with Gasteiger partial charge in [0.1, 0.15) is 0 Å². The Morgan fingerprint density at radius 3 is 2.58 bits per heavy atom. The van der Waals surface area contributed by atoms with Crippen LogP contribution in [0.2, 0.25) is 5.02 Å². The molecule has 1 saturated carbocycles. The molecule has 7 heteroatoms. The third-order valence-corrected chi connectivity index (χ3v) is 4.73. The Hall–Kier alpha value is -1.30. The maximum Gasteiger partial charge on any atom is 0.252 e. The number of carbonyl (C=O) groups is 2. The van der Waals surface area contributed by atoms with Crippen LogP contribution in [-0.4, -0.2) is 30.4 Å². The molecule has 1 aromatic carbocycles. The number of nitrogens with two attached hydrogens (primary N) is 1. The Morgan fingerprint density at radius 2 is 1.92 bits per heavy atom. The predicted molar refractivity (Wildman–Crippen MR) is 98.6 cm³/mol. The number of amides is 2. The average Bonchev–Trinajstić information content (AvgIpc) is 2.51. The molecule has 0 radical (unpaired) electrons. The number of carbonyl (C=O) groups excluding carboxylic acids is 2. The van der Waals surface area contributed by atoms with Gasteiger partial charge in [0, 0.05) is 18.6 Å². The molecule has 2 atom stereocenters. The maximum absolute atomic E-state index is 12.3. The number of nitrogens with one attached hydrogen (secondary N) is 2. The second-order valence-corrected chi connectivity index (χ2v) is 6.74. The van der Waals surface area contributed by atoms with Gasteiger partial charge in [0.25, 0.3) is 5.91 Å². The first-order chi connectivity index (χ1) is 10.9. The van der Waals surface area contributed by atoms with Crippen molar-refractivity contribution in [1.82, 2.24) is 10.6 Å². The standard InChI is InChI=1S/C17H24ClN3O2.ClH/c1-17(19)9-5-4-7-13(17)16(23)21-11-10-20-15(22)12-6-2-3-8-14(12)18;/h2-3,6,8,13H,4-5,7,9-11,19H2,1H3,(H,20,22)(H,21,23);1H. The van der Waals surface area contributed by atoms with Crippen LogP contribution in [0.1, 0.15) is 43.0 Å². The summed E-state index contributed by atoms with van der Waals surface area (Å²) in [6, 6.07) is 6.86. The van der Waals surface area contributed by atoms with Gasteiger partial charge in [0.05, 0.1) is 16.5 Å². The van der Waals surface area contributed by atoms with Crippen molar-refractivity contribution in [2.45, 2.75) is 38.1 Å². The fraction of sp³-hybridized carbons (Fsp3) is 0.529. The van der Waals surface area contributed by atoms with Crippen molar-refractivity contribution in [3.8, 4) is 0 Å². The third kappa shape index (κ3) is 5.36. The van der Waals surface area contributed by atoms with Crippen LogP contribution >= 0.6 is 24.0 Å². The first-order valence-corrected chi connectivity index (χ1v) is 8.39. The van der Waals surface area contributed by atoms with Gasteiger partial charge >= 0.3 is 0 Å². The summed E-state index contributed by atoms with van der Waals surface area (Å²) in [4.78, 5) is 24.2. The van der Waals surface area contributed by atoms with Crippen LogP contribution in [-0.2, 0) is 4.79 Å². The Labute approximate surface area is 154 Å². The molecule has 134 valence electrons. The molecule has 0 bridgehead atoms. The van der Waals surface area contributed by atoms with Gasteiger partial charge in [-0.1, -0.05) is 36.6 Å². The zero-order valence-electron chi connectivity index (χ0n) is 13.8. The molecule has 24 heavy (non-hydrogen) atoms. The molecule has 0 heterocycles. The fourth-order valence-corrected chi connectivity index (χ4v) is 3.24. The summed E-state index contributed by atoms with van der Waals surface area (Å²) in [5, 5.41) is 6.02. The van der Waals surface area contributed by atoms with E-state index in [1.165, 1.54) is 0 Å². The van der Waals surface area contributed by atoms with Crippen LogP contribution in [0.3, 0.4) is 0 Å². The normalized spacial score (nSPS) is 23.0. The van der Waals surface area contributed by atoms with Crippen LogP contribution in [0.4, 0.5) is 0 Å². The highest BCUT2D eigenvalue weighted by molar-refractivity contribution is 6.33. The molecule has 1 aliphatic rings. The van der Waals surface area contributed by atoms with Crippen molar-refractivity contribution in [1.29, 1.82) is 0 Å². The van der Waals surface area contributed by atoms with E-state index < -0.39 is 5.54 Å². The smallest absolute Gasteiger partial charge is 0.252 e. The quantitative estimate of drug-likeness (QED) is 0.693.